The van der Waals surface area contributed by atoms with E-state index in [-0.39, 0.29) is 0 Å². The van der Waals surface area contributed by atoms with Crippen molar-refractivity contribution < 1.29 is 4.79 Å². The number of nitrogens with two attached hydrogens (primary N) is 1. The van der Waals surface area contributed by atoms with Gasteiger partial charge in [-0.05, 0) is 50.5 Å². The Bertz CT molecular complexity index is 344. The lowest BCUT2D eigenvalue weighted by molar-refractivity contribution is 0.249. The van der Waals surface area contributed by atoms with Crippen LogP contribution in [0.15, 0.2) is 16.2 Å². The Labute approximate surface area is 89.6 Å². The van der Waals surface area contributed by atoms with E-state index in [0.717, 1.165) is 18.1 Å². The number of amides is 2. The van der Waals surface area contributed by atoms with Crippen molar-refractivity contribution in [2.75, 3.05) is 0 Å². The van der Waals surface area contributed by atoms with E-state index in [9.17, 15) is 4.79 Å². The summed E-state index contributed by atoms with van der Waals surface area (Å²) in [6.07, 6.45) is 5.95. The summed E-state index contributed by atoms with van der Waals surface area (Å²) in [7, 11) is 0. The average molecular weight is 207 g/mol. The fourth-order valence-corrected chi connectivity index (χ4v) is 2.68. The largest absolute Gasteiger partial charge is 0.350 e. The topological polar surface area (TPSA) is 67.5 Å². The Morgan fingerprint density at radius 2 is 2.27 bits per heavy atom. The van der Waals surface area contributed by atoms with E-state index in [1.54, 1.807) is 5.57 Å². The van der Waals surface area contributed by atoms with Crippen LogP contribution >= 0.6 is 0 Å². The van der Waals surface area contributed by atoms with Crippen LogP contribution < -0.4 is 11.2 Å². The summed E-state index contributed by atoms with van der Waals surface area (Å²) in [6, 6.07) is -0.589. The number of hydrazone groups is 1. The molecule has 1 saturated carbocycles. The number of fused-ring (bicyclic) bond motifs is 1. The number of hydrogen-bond donors (Lipinski definition) is 2. The third-order valence-corrected chi connectivity index (χ3v) is 3.44. The number of urea groups is 1. The van der Waals surface area contributed by atoms with Crippen molar-refractivity contribution in [1.29, 1.82) is 0 Å². The molecule has 0 aromatic rings. The highest BCUT2D eigenvalue weighted by molar-refractivity contribution is 6.01. The third kappa shape index (κ3) is 2.03. The highest BCUT2D eigenvalue weighted by Gasteiger charge is 2.28. The van der Waals surface area contributed by atoms with Gasteiger partial charge in [0.25, 0.3) is 0 Å². The first-order chi connectivity index (χ1) is 7.18. The number of hydrogen-bond acceptors (Lipinski definition) is 2. The molecule has 4 nitrogen and oxygen atoms in total. The lowest BCUT2D eigenvalue weighted by atomic mass is 9.84. The SMILES string of the molecule is CC1=C2CCCC2CCC1=NNC(N)=O. The maximum absolute atomic E-state index is 10.6. The molecule has 0 bridgehead atoms. The molecule has 2 aliphatic rings. The minimum absolute atomic E-state index is 0.589. The molecule has 15 heavy (non-hydrogen) atoms. The number of nitrogens with zero attached hydrogens (tertiary/aromatic N) is 1. The summed E-state index contributed by atoms with van der Waals surface area (Å²) < 4.78 is 0. The normalized spacial score (nSPS) is 28.1. The highest BCUT2D eigenvalue weighted by atomic mass is 16.2. The van der Waals surface area contributed by atoms with Crippen LogP contribution in [0.5, 0.6) is 0 Å². The Kier molecular flexibility index (Phi) is 2.75. The number of primary amides is 1. The van der Waals surface area contributed by atoms with E-state index >= 15 is 0 Å². The van der Waals surface area contributed by atoms with E-state index in [0.29, 0.717) is 0 Å². The van der Waals surface area contributed by atoms with Crippen molar-refractivity contribution in [2.24, 2.45) is 16.8 Å². The van der Waals surface area contributed by atoms with E-state index < -0.39 is 6.03 Å². The second kappa shape index (κ2) is 4.04. The smallest absolute Gasteiger partial charge is 0.332 e. The van der Waals surface area contributed by atoms with Gasteiger partial charge in [0.2, 0.25) is 0 Å². The first kappa shape index (κ1) is 10.2. The zero-order chi connectivity index (χ0) is 10.8. The molecule has 0 radical (unpaired) electrons. The van der Waals surface area contributed by atoms with Crippen molar-refractivity contribution in [1.82, 2.24) is 5.43 Å². The number of carbonyl (C=O) groups excluding carboxylic acids is 1. The van der Waals surface area contributed by atoms with Crippen LogP contribution in [0.2, 0.25) is 0 Å². The van der Waals surface area contributed by atoms with Gasteiger partial charge >= 0.3 is 6.03 Å². The molecule has 0 saturated heterocycles. The summed E-state index contributed by atoms with van der Waals surface area (Å²) in [4.78, 5) is 10.6. The van der Waals surface area contributed by atoms with E-state index in [1.807, 2.05) is 0 Å². The predicted octanol–water partition coefficient (Wildman–Crippen LogP) is 1.92. The third-order valence-electron chi connectivity index (χ3n) is 3.44. The summed E-state index contributed by atoms with van der Waals surface area (Å²) in [5, 5.41) is 4.06. The Morgan fingerprint density at radius 1 is 1.47 bits per heavy atom. The van der Waals surface area contributed by atoms with Crippen LogP contribution in [0.25, 0.3) is 0 Å². The van der Waals surface area contributed by atoms with Crippen LogP contribution in [0.1, 0.15) is 39.0 Å². The Morgan fingerprint density at radius 3 is 3.00 bits per heavy atom. The first-order valence-corrected chi connectivity index (χ1v) is 5.50. The number of nitrogens with one attached hydrogen (secondary N) is 1. The molecule has 1 unspecified atom stereocenters. The molecule has 0 aliphatic heterocycles. The fourth-order valence-electron chi connectivity index (χ4n) is 2.68. The van der Waals surface area contributed by atoms with Crippen LogP contribution in [0, 0.1) is 5.92 Å². The summed E-state index contributed by atoms with van der Waals surface area (Å²) >= 11 is 0. The molecule has 2 amide bonds. The average Bonchev–Trinajstić information content (AvgIpc) is 2.65. The van der Waals surface area contributed by atoms with E-state index in [4.69, 9.17) is 5.73 Å². The molecule has 1 atom stereocenters. The molecule has 0 aromatic carbocycles. The Hall–Kier alpha value is -1.32. The second-order valence-electron chi connectivity index (χ2n) is 4.31. The van der Waals surface area contributed by atoms with Gasteiger partial charge in [0, 0.05) is 0 Å². The number of carbonyl (C=O) groups is 1. The van der Waals surface area contributed by atoms with Crippen molar-refractivity contribution in [3.63, 3.8) is 0 Å². The minimum atomic E-state index is -0.589. The Balaban J connectivity index is 2.18. The molecule has 1 fully saturated rings. The van der Waals surface area contributed by atoms with Crippen molar-refractivity contribution in [3.05, 3.63) is 11.1 Å². The molecule has 0 spiro atoms. The molecule has 82 valence electrons. The van der Waals surface area contributed by atoms with Gasteiger partial charge in [-0.15, -0.1) is 0 Å². The molecule has 3 N–H and O–H groups in total. The summed E-state index contributed by atoms with van der Waals surface area (Å²) in [5.41, 5.74) is 11.1. The van der Waals surface area contributed by atoms with E-state index in [1.165, 1.54) is 31.3 Å². The zero-order valence-electron chi connectivity index (χ0n) is 9.05. The monoisotopic (exact) mass is 207 g/mol. The standard InChI is InChI=1S/C11H17N3O/c1-7-9-4-2-3-8(9)5-6-10(7)13-14-11(12)15/h8H,2-6H2,1H3,(H3,12,14,15). The predicted molar refractivity (Wildman–Crippen MR) is 59.4 cm³/mol. The van der Waals surface area contributed by atoms with Crippen LogP contribution in [0.4, 0.5) is 4.79 Å². The quantitative estimate of drug-likeness (QED) is 0.634. The van der Waals surface area contributed by atoms with Crippen LogP contribution in [0.3, 0.4) is 0 Å². The molecular weight excluding hydrogens is 190 g/mol. The zero-order valence-corrected chi connectivity index (χ0v) is 9.05. The van der Waals surface area contributed by atoms with Gasteiger partial charge in [-0.2, -0.15) is 5.10 Å². The van der Waals surface area contributed by atoms with Crippen molar-refractivity contribution >= 4 is 11.7 Å². The summed E-state index contributed by atoms with van der Waals surface area (Å²) in [5.74, 6) is 0.775. The second-order valence-corrected chi connectivity index (χ2v) is 4.31. The molecule has 2 rings (SSSR count). The highest BCUT2D eigenvalue weighted by Crippen LogP contribution is 2.40. The number of rotatable bonds is 1. The van der Waals surface area contributed by atoms with E-state index in [2.05, 4.69) is 17.5 Å². The minimum Gasteiger partial charge on any atom is -0.350 e. The van der Waals surface area contributed by atoms with Gasteiger partial charge < -0.3 is 5.73 Å². The van der Waals surface area contributed by atoms with Crippen LogP contribution in [-0.4, -0.2) is 11.7 Å². The maximum Gasteiger partial charge on any atom is 0.332 e. The van der Waals surface area contributed by atoms with Gasteiger partial charge in [-0.25, -0.2) is 10.2 Å². The molecule has 0 aromatic heterocycles. The number of allylic oxidation sites excluding steroid dienone is 2. The molecular formula is C11H17N3O. The molecule has 2 aliphatic carbocycles. The van der Waals surface area contributed by atoms with Gasteiger partial charge in [-0.3, -0.25) is 0 Å². The van der Waals surface area contributed by atoms with Crippen molar-refractivity contribution in [3.8, 4) is 0 Å². The van der Waals surface area contributed by atoms with Crippen LogP contribution in [-0.2, 0) is 0 Å². The fraction of sp³-hybridized carbons (Fsp3) is 0.636. The molecule has 4 heteroatoms. The maximum atomic E-state index is 10.6. The first-order valence-electron chi connectivity index (χ1n) is 5.50. The lowest BCUT2D eigenvalue weighted by Crippen LogP contribution is -2.27. The molecule has 0 heterocycles. The van der Waals surface area contributed by atoms with Crippen molar-refractivity contribution in [2.45, 2.75) is 39.0 Å². The van der Waals surface area contributed by atoms with Gasteiger partial charge in [0.1, 0.15) is 0 Å². The lowest BCUT2D eigenvalue weighted by Gasteiger charge is -2.22. The van der Waals surface area contributed by atoms with Gasteiger partial charge in [0.15, 0.2) is 0 Å². The van der Waals surface area contributed by atoms with Gasteiger partial charge in [-0.1, -0.05) is 5.57 Å². The summed E-state index contributed by atoms with van der Waals surface area (Å²) in [6.45, 7) is 2.11. The van der Waals surface area contributed by atoms with Gasteiger partial charge in [0.05, 0.1) is 5.71 Å².